The van der Waals surface area contributed by atoms with Gasteiger partial charge in [-0.25, -0.2) is 8.78 Å². The van der Waals surface area contributed by atoms with E-state index in [1.165, 1.54) is 12.1 Å². The zero-order valence-corrected chi connectivity index (χ0v) is 19.7. The van der Waals surface area contributed by atoms with Gasteiger partial charge in [0.2, 0.25) is 5.91 Å². The molecule has 180 valence electrons. The Morgan fingerprint density at radius 3 is 2.54 bits per heavy atom. The highest BCUT2D eigenvalue weighted by Crippen LogP contribution is 2.38. The van der Waals surface area contributed by atoms with Crippen molar-refractivity contribution in [3.63, 3.8) is 0 Å². The van der Waals surface area contributed by atoms with Crippen molar-refractivity contribution < 1.29 is 27.5 Å². The van der Waals surface area contributed by atoms with Gasteiger partial charge in [0.25, 0.3) is 0 Å². The molecule has 1 aromatic heterocycles. The van der Waals surface area contributed by atoms with E-state index < -0.39 is 17.5 Å². The lowest BCUT2D eigenvalue weighted by molar-refractivity contribution is -0.116. The zero-order valence-electron chi connectivity index (χ0n) is 19.7. The number of methoxy groups -OCH3 is 1. The molecule has 1 N–H and O–H groups in total. The Morgan fingerprint density at radius 1 is 1.09 bits per heavy atom. The summed E-state index contributed by atoms with van der Waals surface area (Å²) in [7, 11) is 1.61. The second kappa shape index (κ2) is 10.4. The van der Waals surface area contributed by atoms with E-state index in [0.717, 1.165) is 34.4 Å². The van der Waals surface area contributed by atoms with Crippen LogP contribution in [0.3, 0.4) is 0 Å². The Bertz CT molecular complexity index is 1390. The van der Waals surface area contributed by atoms with Gasteiger partial charge in [-0.3, -0.25) is 4.79 Å². The molecule has 3 aromatic carbocycles. The Labute approximate surface area is 202 Å². The quantitative estimate of drug-likeness (QED) is 0.294. The number of fused-ring (bicyclic) bond motifs is 1. The standard InChI is InChI=1S/C28H25F2NO4/c1-4-34-26-14-27-21(23(16-35-27)18-7-5-8-19(12-18)33-3)13-20(26)17(2)11-28(32)31-15-22-24(29)9-6-10-25(22)30/h5-14,16H,4,15H2,1-3H3,(H,31,32)/b17-11+. The minimum atomic E-state index is -0.708. The number of ether oxygens (including phenoxy) is 2. The molecule has 0 atom stereocenters. The van der Waals surface area contributed by atoms with Crippen molar-refractivity contribution in [3.05, 3.63) is 89.7 Å². The van der Waals surface area contributed by atoms with Crippen LogP contribution in [0.1, 0.15) is 25.0 Å². The van der Waals surface area contributed by atoms with E-state index in [1.54, 1.807) is 26.4 Å². The van der Waals surface area contributed by atoms with Gasteiger partial charge in [-0.05, 0) is 55.3 Å². The normalized spacial score (nSPS) is 11.5. The molecule has 7 heteroatoms. The predicted octanol–water partition coefficient (Wildman–Crippen LogP) is 6.51. The molecule has 0 aliphatic carbocycles. The van der Waals surface area contributed by atoms with E-state index in [-0.39, 0.29) is 12.1 Å². The number of allylic oxidation sites excluding steroid dienone is 1. The molecule has 0 unspecified atom stereocenters. The fraction of sp³-hybridized carbons (Fsp3) is 0.179. The lowest BCUT2D eigenvalue weighted by Gasteiger charge is -2.12. The van der Waals surface area contributed by atoms with E-state index in [0.29, 0.717) is 29.1 Å². The summed E-state index contributed by atoms with van der Waals surface area (Å²) in [6.07, 6.45) is 3.06. The lowest BCUT2D eigenvalue weighted by atomic mass is 9.99. The number of nitrogens with one attached hydrogen (secondary N) is 1. The van der Waals surface area contributed by atoms with Crippen molar-refractivity contribution in [2.75, 3.05) is 13.7 Å². The summed E-state index contributed by atoms with van der Waals surface area (Å²) in [4.78, 5) is 12.6. The van der Waals surface area contributed by atoms with Crippen molar-refractivity contribution in [1.29, 1.82) is 0 Å². The average Bonchev–Trinajstić information content (AvgIpc) is 3.26. The molecule has 0 fully saturated rings. The molecule has 4 rings (SSSR count). The van der Waals surface area contributed by atoms with Crippen molar-refractivity contribution >= 4 is 22.4 Å². The minimum absolute atomic E-state index is 0.190. The Kier molecular flexibility index (Phi) is 7.15. The molecule has 0 aliphatic heterocycles. The summed E-state index contributed by atoms with van der Waals surface area (Å²) >= 11 is 0. The van der Waals surface area contributed by atoms with Crippen LogP contribution in [0.4, 0.5) is 8.78 Å². The van der Waals surface area contributed by atoms with Gasteiger partial charge in [-0.2, -0.15) is 0 Å². The second-order valence-electron chi connectivity index (χ2n) is 7.90. The third-order valence-corrected chi connectivity index (χ3v) is 5.63. The van der Waals surface area contributed by atoms with E-state index >= 15 is 0 Å². The van der Waals surface area contributed by atoms with Crippen LogP contribution in [0.5, 0.6) is 11.5 Å². The van der Waals surface area contributed by atoms with Crippen LogP contribution in [0.2, 0.25) is 0 Å². The molecule has 0 aliphatic rings. The number of carbonyl (C=O) groups excluding carboxylic acids is 1. The highest BCUT2D eigenvalue weighted by atomic mass is 19.1. The Hall–Kier alpha value is -4.13. The van der Waals surface area contributed by atoms with Gasteiger partial charge in [0, 0.05) is 40.8 Å². The Morgan fingerprint density at radius 2 is 1.83 bits per heavy atom. The van der Waals surface area contributed by atoms with Gasteiger partial charge in [0.05, 0.1) is 20.0 Å². The highest BCUT2D eigenvalue weighted by Gasteiger charge is 2.16. The third kappa shape index (κ3) is 5.19. The molecule has 35 heavy (non-hydrogen) atoms. The maximum absolute atomic E-state index is 13.9. The van der Waals surface area contributed by atoms with Crippen molar-refractivity contribution in [2.24, 2.45) is 0 Å². The van der Waals surface area contributed by atoms with Crippen molar-refractivity contribution in [3.8, 4) is 22.6 Å². The predicted molar refractivity (Wildman–Crippen MR) is 131 cm³/mol. The monoisotopic (exact) mass is 477 g/mol. The smallest absolute Gasteiger partial charge is 0.244 e. The minimum Gasteiger partial charge on any atom is -0.497 e. The number of hydrogen-bond acceptors (Lipinski definition) is 4. The van der Waals surface area contributed by atoms with Gasteiger partial charge in [0.1, 0.15) is 28.7 Å². The molecule has 0 radical (unpaired) electrons. The van der Waals surface area contributed by atoms with Gasteiger partial charge in [0.15, 0.2) is 0 Å². The van der Waals surface area contributed by atoms with Gasteiger partial charge in [-0.15, -0.1) is 0 Å². The number of carbonyl (C=O) groups is 1. The summed E-state index contributed by atoms with van der Waals surface area (Å²) in [6, 6.07) is 14.9. The van der Waals surface area contributed by atoms with Crippen LogP contribution < -0.4 is 14.8 Å². The Balaban J connectivity index is 1.67. The molecular formula is C28H25F2NO4. The molecule has 1 amide bonds. The van der Waals surface area contributed by atoms with Crippen LogP contribution in [0.25, 0.3) is 27.7 Å². The van der Waals surface area contributed by atoms with Crippen LogP contribution >= 0.6 is 0 Å². The molecule has 0 spiro atoms. The van der Waals surface area contributed by atoms with Crippen LogP contribution in [-0.2, 0) is 11.3 Å². The zero-order chi connectivity index (χ0) is 24.9. The second-order valence-corrected chi connectivity index (χ2v) is 7.90. The molecule has 0 saturated carbocycles. The third-order valence-electron chi connectivity index (χ3n) is 5.63. The number of furan rings is 1. The number of rotatable bonds is 8. The van der Waals surface area contributed by atoms with Crippen molar-refractivity contribution in [1.82, 2.24) is 5.32 Å². The van der Waals surface area contributed by atoms with Crippen LogP contribution in [-0.4, -0.2) is 19.6 Å². The summed E-state index contributed by atoms with van der Waals surface area (Å²) < 4.78 is 44.7. The number of halogens is 2. The summed E-state index contributed by atoms with van der Waals surface area (Å²) in [5.41, 5.74) is 3.57. The SMILES string of the molecule is CCOc1cc2occ(-c3cccc(OC)c3)c2cc1/C(C)=C/C(=O)NCc1c(F)cccc1F. The maximum atomic E-state index is 13.9. The first-order chi connectivity index (χ1) is 16.9. The van der Waals surface area contributed by atoms with Crippen LogP contribution in [0.15, 0.2) is 71.4 Å². The first-order valence-electron chi connectivity index (χ1n) is 11.1. The first-order valence-corrected chi connectivity index (χ1v) is 11.1. The average molecular weight is 478 g/mol. The summed E-state index contributed by atoms with van der Waals surface area (Å²) in [5.74, 6) is -0.608. The highest BCUT2D eigenvalue weighted by molar-refractivity contribution is 6.00. The number of amides is 1. The molecule has 5 nitrogen and oxygen atoms in total. The van der Waals surface area contributed by atoms with E-state index in [1.807, 2.05) is 37.3 Å². The number of hydrogen-bond donors (Lipinski definition) is 1. The molecule has 0 bridgehead atoms. The lowest BCUT2D eigenvalue weighted by Crippen LogP contribution is -2.22. The van der Waals surface area contributed by atoms with Gasteiger partial charge in [-0.1, -0.05) is 18.2 Å². The van der Waals surface area contributed by atoms with E-state index in [4.69, 9.17) is 13.9 Å². The molecule has 4 aromatic rings. The molecule has 0 saturated heterocycles. The topological polar surface area (TPSA) is 60.7 Å². The first kappa shape index (κ1) is 24.0. The van der Waals surface area contributed by atoms with Crippen LogP contribution in [0, 0.1) is 11.6 Å². The van der Waals surface area contributed by atoms with Gasteiger partial charge < -0.3 is 19.2 Å². The van der Waals surface area contributed by atoms with E-state index in [2.05, 4.69) is 5.32 Å². The largest absolute Gasteiger partial charge is 0.497 e. The maximum Gasteiger partial charge on any atom is 0.244 e. The fourth-order valence-corrected chi connectivity index (χ4v) is 3.85. The molecular weight excluding hydrogens is 452 g/mol. The van der Waals surface area contributed by atoms with Crippen molar-refractivity contribution in [2.45, 2.75) is 20.4 Å². The van der Waals surface area contributed by atoms with E-state index in [9.17, 15) is 13.6 Å². The fourth-order valence-electron chi connectivity index (χ4n) is 3.85. The molecule has 1 heterocycles. The summed E-state index contributed by atoms with van der Waals surface area (Å²) in [6.45, 7) is 3.80. The number of benzene rings is 3. The van der Waals surface area contributed by atoms with Gasteiger partial charge >= 0.3 is 0 Å². The summed E-state index contributed by atoms with van der Waals surface area (Å²) in [5, 5.41) is 3.39.